The van der Waals surface area contributed by atoms with Gasteiger partial charge in [-0.15, -0.1) is 11.8 Å². The maximum absolute atomic E-state index is 14.3. The van der Waals surface area contributed by atoms with Crippen molar-refractivity contribution in [3.63, 3.8) is 0 Å². The van der Waals surface area contributed by atoms with Gasteiger partial charge in [0.05, 0.1) is 23.4 Å². The van der Waals surface area contributed by atoms with Gasteiger partial charge in [0.2, 0.25) is 5.91 Å². The number of hydrogen-bond donors (Lipinski definition) is 1. The number of unbranched alkanes of at least 4 members (excludes halogenated alkanes) is 1. The van der Waals surface area contributed by atoms with Crippen LogP contribution in [-0.2, 0) is 15.7 Å². The molecule has 204 valence electrons. The maximum Gasteiger partial charge on any atom is 0.417 e. The average Bonchev–Trinajstić information content (AvgIpc) is 2.82. The predicted molar refractivity (Wildman–Crippen MR) is 138 cm³/mol. The van der Waals surface area contributed by atoms with Gasteiger partial charge >= 0.3 is 6.18 Å². The van der Waals surface area contributed by atoms with E-state index in [0.29, 0.717) is 39.0 Å². The number of methoxy groups -OCH3 is 1. The zero-order valence-corrected chi connectivity index (χ0v) is 22.6. The number of piperidine rings is 1. The molecule has 2 heterocycles. The van der Waals surface area contributed by atoms with Crippen LogP contribution in [-0.4, -0.2) is 91.4 Å². The minimum Gasteiger partial charge on any atom is -0.394 e. The fourth-order valence-electron chi connectivity index (χ4n) is 4.96. The molecule has 3 rings (SSSR count). The molecule has 37 heavy (non-hydrogen) atoms. The summed E-state index contributed by atoms with van der Waals surface area (Å²) >= 11 is 0.895. The van der Waals surface area contributed by atoms with Crippen molar-refractivity contribution in [3.8, 4) is 0 Å². The Morgan fingerprint density at radius 2 is 2.05 bits per heavy atom. The number of rotatable bonds is 9. The molecule has 2 amide bonds. The Morgan fingerprint density at radius 3 is 2.62 bits per heavy atom. The van der Waals surface area contributed by atoms with E-state index >= 15 is 0 Å². The lowest BCUT2D eigenvalue weighted by molar-refractivity contribution is -0.138. The number of carbonyl (C=O) groups is 2. The number of alkyl halides is 3. The number of aliphatic hydroxyl groups is 1. The number of fused-ring (bicyclic) bond motifs is 1. The van der Waals surface area contributed by atoms with Crippen molar-refractivity contribution in [2.45, 2.75) is 74.4 Å². The van der Waals surface area contributed by atoms with Crippen molar-refractivity contribution in [2.75, 3.05) is 44.9 Å². The largest absolute Gasteiger partial charge is 0.417 e. The van der Waals surface area contributed by atoms with Crippen LogP contribution in [0.5, 0.6) is 0 Å². The van der Waals surface area contributed by atoms with Gasteiger partial charge in [0, 0.05) is 43.8 Å². The number of ether oxygens (including phenoxy) is 1. The molecule has 1 N–H and O–H groups in total. The molecule has 0 aromatic heterocycles. The first kappa shape index (κ1) is 29.8. The van der Waals surface area contributed by atoms with E-state index in [1.165, 1.54) is 22.8 Å². The summed E-state index contributed by atoms with van der Waals surface area (Å²) in [6.45, 7) is 6.24. The van der Waals surface area contributed by atoms with Crippen LogP contribution >= 0.6 is 11.8 Å². The van der Waals surface area contributed by atoms with E-state index in [1.54, 1.807) is 25.8 Å². The van der Waals surface area contributed by atoms with Gasteiger partial charge in [0.25, 0.3) is 5.91 Å². The summed E-state index contributed by atoms with van der Waals surface area (Å²) in [7, 11) is 7.53. The van der Waals surface area contributed by atoms with E-state index in [4.69, 9.17) is 12.7 Å². The summed E-state index contributed by atoms with van der Waals surface area (Å²) in [5, 5.41) is 9.96. The van der Waals surface area contributed by atoms with E-state index in [9.17, 15) is 27.9 Å². The first-order chi connectivity index (χ1) is 17.3. The van der Waals surface area contributed by atoms with Crippen molar-refractivity contribution in [3.05, 3.63) is 23.3 Å². The van der Waals surface area contributed by atoms with E-state index in [2.05, 4.69) is 0 Å². The van der Waals surface area contributed by atoms with Crippen LogP contribution in [0, 0.1) is 0 Å². The Balaban J connectivity index is 2.12. The Labute approximate surface area is 222 Å². The summed E-state index contributed by atoms with van der Waals surface area (Å²) < 4.78 is 46.7. The molecule has 2 aliphatic heterocycles. The first-order valence-electron chi connectivity index (χ1n) is 12.5. The smallest absolute Gasteiger partial charge is 0.394 e. The van der Waals surface area contributed by atoms with Crippen LogP contribution in [0.3, 0.4) is 0 Å². The van der Waals surface area contributed by atoms with Gasteiger partial charge in [-0.05, 0) is 65.1 Å². The Hall–Kier alpha value is -1.76. The number of hydrogen-bond acceptors (Lipinski definition) is 6. The number of anilines is 1. The SMILES string of the molecule is [B]N1CCC[C@@H](N(C(=O)c2cc3c(cc2C(F)(F)F)SC(C)(CO)C(=O)N3CCCCOC)C(C)C)C1. The molecular weight excluding hydrogens is 506 g/mol. The van der Waals surface area contributed by atoms with Crippen molar-refractivity contribution < 1.29 is 32.6 Å². The third-order valence-electron chi connectivity index (χ3n) is 6.85. The number of thioether (sulfide) groups is 1. The molecule has 0 spiro atoms. The summed E-state index contributed by atoms with van der Waals surface area (Å²) in [4.78, 5) is 31.9. The molecule has 1 unspecified atom stereocenters. The molecule has 7 nitrogen and oxygen atoms in total. The second-order valence-corrected chi connectivity index (χ2v) is 11.7. The van der Waals surface area contributed by atoms with Crippen LogP contribution < -0.4 is 4.90 Å². The number of aliphatic hydroxyl groups excluding tert-OH is 1. The maximum atomic E-state index is 14.3. The van der Waals surface area contributed by atoms with Crippen molar-refractivity contribution >= 4 is 37.2 Å². The van der Waals surface area contributed by atoms with Crippen molar-refractivity contribution in [1.82, 2.24) is 9.71 Å². The van der Waals surface area contributed by atoms with Crippen molar-refractivity contribution in [1.29, 1.82) is 0 Å². The predicted octanol–water partition coefficient (Wildman–Crippen LogP) is 3.72. The lowest BCUT2D eigenvalue weighted by Crippen LogP contribution is -2.53. The Bertz CT molecular complexity index is 997. The van der Waals surface area contributed by atoms with Gasteiger partial charge in [0.15, 0.2) is 7.98 Å². The van der Waals surface area contributed by atoms with E-state index in [0.717, 1.165) is 24.2 Å². The van der Waals surface area contributed by atoms with Gasteiger partial charge in [-0.2, -0.15) is 13.2 Å². The van der Waals surface area contributed by atoms with Gasteiger partial charge in [-0.3, -0.25) is 9.59 Å². The van der Waals surface area contributed by atoms with Crippen LogP contribution in [0.4, 0.5) is 18.9 Å². The highest BCUT2D eigenvalue weighted by molar-refractivity contribution is 8.01. The third kappa shape index (κ3) is 6.46. The molecule has 1 aromatic carbocycles. The molecule has 0 bridgehead atoms. The Morgan fingerprint density at radius 1 is 1.35 bits per heavy atom. The van der Waals surface area contributed by atoms with Gasteiger partial charge in [-0.1, -0.05) is 0 Å². The molecule has 0 saturated carbocycles. The highest BCUT2D eigenvalue weighted by Crippen LogP contribution is 2.48. The quantitative estimate of drug-likeness (QED) is 0.380. The van der Waals surface area contributed by atoms with E-state index in [1.807, 2.05) is 0 Å². The summed E-state index contributed by atoms with van der Waals surface area (Å²) in [6, 6.07) is 1.46. The normalized spacial score (nSPS) is 22.9. The number of carbonyl (C=O) groups excluding carboxylic acids is 2. The lowest BCUT2D eigenvalue weighted by Gasteiger charge is -2.42. The zero-order chi connectivity index (χ0) is 27.5. The van der Waals surface area contributed by atoms with Gasteiger partial charge in [-0.25, -0.2) is 0 Å². The third-order valence-corrected chi connectivity index (χ3v) is 8.15. The highest BCUT2D eigenvalue weighted by Gasteiger charge is 2.46. The number of halogens is 3. The molecule has 2 radical (unpaired) electrons. The topological polar surface area (TPSA) is 73.3 Å². The monoisotopic (exact) mass is 541 g/mol. The van der Waals surface area contributed by atoms with E-state index in [-0.39, 0.29) is 29.2 Å². The summed E-state index contributed by atoms with van der Waals surface area (Å²) in [5.74, 6) is -1.15. The molecule has 2 atom stereocenters. The summed E-state index contributed by atoms with van der Waals surface area (Å²) in [5.41, 5.74) is -1.29. The number of benzene rings is 1. The molecule has 1 aromatic rings. The second kappa shape index (κ2) is 12.0. The van der Waals surface area contributed by atoms with Crippen LogP contribution in [0.1, 0.15) is 62.4 Å². The lowest BCUT2D eigenvalue weighted by atomic mass is 9.97. The summed E-state index contributed by atoms with van der Waals surface area (Å²) in [6.07, 6.45) is -2.24. The molecule has 12 heteroatoms. The minimum atomic E-state index is -4.80. The van der Waals surface area contributed by atoms with Gasteiger partial charge < -0.3 is 24.5 Å². The molecule has 0 aliphatic carbocycles. The fraction of sp³-hybridized carbons (Fsp3) is 0.680. The minimum absolute atomic E-state index is 0.202. The van der Waals surface area contributed by atoms with Crippen LogP contribution in [0.25, 0.3) is 0 Å². The Kier molecular flexibility index (Phi) is 9.63. The zero-order valence-electron chi connectivity index (χ0n) is 21.8. The highest BCUT2D eigenvalue weighted by atomic mass is 32.2. The van der Waals surface area contributed by atoms with Crippen LogP contribution in [0.2, 0.25) is 0 Å². The number of amides is 2. The van der Waals surface area contributed by atoms with Crippen LogP contribution in [0.15, 0.2) is 17.0 Å². The number of nitrogens with zero attached hydrogens (tertiary/aromatic N) is 3. The molecule has 2 aliphatic rings. The molecular formula is C25H35BF3N3O4S. The molecule has 1 saturated heterocycles. The standard InChI is InChI=1S/C25H35BF3N3O4S/c1-16(2)32(17-8-7-9-30(26)14-17)22(34)18-12-20-21(13-19(18)25(27,28)29)37-24(3,15-33)23(35)31(20)10-5-6-11-36-4/h12-13,16-17,33H,5-11,14-15H2,1-4H3/t17-,24?/m1/s1. The molecule has 1 fully saturated rings. The van der Waals surface area contributed by atoms with Crippen molar-refractivity contribution in [2.24, 2.45) is 0 Å². The van der Waals surface area contributed by atoms with E-state index < -0.39 is 40.5 Å². The fourth-order valence-corrected chi connectivity index (χ4v) is 6.16. The average molecular weight is 541 g/mol. The van der Waals surface area contributed by atoms with Gasteiger partial charge in [0.1, 0.15) is 4.75 Å². The second-order valence-electron chi connectivity index (χ2n) is 10.1. The first-order valence-corrected chi connectivity index (χ1v) is 13.3.